The Labute approximate surface area is 109 Å². The third kappa shape index (κ3) is 1.62. The zero-order valence-corrected chi connectivity index (χ0v) is 11.3. The van der Waals surface area contributed by atoms with Crippen LogP contribution in [0.2, 0.25) is 0 Å². The molecule has 2 aromatic carbocycles. The maximum atomic E-state index is 4.59. The van der Waals surface area contributed by atoms with Gasteiger partial charge in [-0.3, -0.25) is 0 Å². The van der Waals surface area contributed by atoms with Crippen LogP contribution in [0.25, 0.3) is 22.1 Å². The van der Waals surface area contributed by atoms with Gasteiger partial charge < -0.3 is 0 Å². The first-order valence-electron chi connectivity index (χ1n) is 4.75. The van der Waals surface area contributed by atoms with Crippen LogP contribution in [0.3, 0.4) is 0 Å². The van der Waals surface area contributed by atoms with Crippen LogP contribution < -0.4 is 0 Å². The molecule has 3 rings (SSSR count). The summed E-state index contributed by atoms with van der Waals surface area (Å²) in [6, 6.07) is 11.8. The van der Waals surface area contributed by atoms with Crippen LogP contribution in [0.1, 0.15) is 0 Å². The highest BCUT2D eigenvalue weighted by Crippen LogP contribution is 2.24. The Morgan fingerprint density at radius 1 is 0.812 bits per heavy atom. The second-order valence-electron chi connectivity index (χ2n) is 3.46. The minimum atomic E-state index is 0.900. The van der Waals surface area contributed by atoms with E-state index >= 15 is 0 Å². The molecule has 0 saturated carbocycles. The van der Waals surface area contributed by atoms with Crippen LogP contribution in [-0.4, -0.2) is 9.97 Å². The smallest absolute Gasteiger partial charge is 0.104 e. The van der Waals surface area contributed by atoms with Crippen molar-refractivity contribution in [3.63, 3.8) is 0 Å². The van der Waals surface area contributed by atoms with Crippen LogP contribution in [-0.2, 0) is 0 Å². The van der Waals surface area contributed by atoms with E-state index < -0.39 is 0 Å². The zero-order chi connectivity index (χ0) is 11.1. The molecule has 0 atom stereocenters. The molecule has 2 nitrogen and oxygen atoms in total. The van der Waals surface area contributed by atoms with E-state index in [0.717, 1.165) is 31.0 Å². The Bertz CT molecular complexity index is 694. The SMILES string of the molecule is Brc1ccc2nc3c(Br)cccc3nc2c1. The summed E-state index contributed by atoms with van der Waals surface area (Å²) in [6.07, 6.45) is 0. The van der Waals surface area contributed by atoms with Crippen LogP contribution in [0.15, 0.2) is 45.3 Å². The van der Waals surface area contributed by atoms with Crippen LogP contribution >= 0.6 is 31.9 Å². The van der Waals surface area contributed by atoms with E-state index in [0.29, 0.717) is 0 Å². The maximum absolute atomic E-state index is 4.59. The maximum Gasteiger partial charge on any atom is 0.104 e. The third-order valence-electron chi connectivity index (χ3n) is 2.38. The first-order valence-corrected chi connectivity index (χ1v) is 6.34. The molecular formula is C12H6Br2N2. The Balaban J connectivity index is 2.49. The van der Waals surface area contributed by atoms with Crippen molar-refractivity contribution in [3.8, 4) is 0 Å². The molecule has 0 saturated heterocycles. The molecule has 0 fully saturated rings. The lowest BCUT2D eigenvalue weighted by Crippen LogP contribution is -1.87. The Hall–Kier alpha value is -1.00. The number of rotatable bonds is 0. The summed E-state index contributed by atoms with van der Waals surface area (Å²) in [4.78, 5) is 9.16. The summed E-state index contributed by atoms with van der Waals surface area (Å²) in [5.41, 5.74) is 3.61. The third-order valence-corrected chi connectivity index (χ3v) is 3.51. The van der Waals surface area contributed by atoms with Gasteiger partial charge >= 0.3 is 0 Å². The fourth-order valence-corrected chi connectivity index (χ4v) is 2.43. The molecule has 78 valence electrons. The molecule has 0 N–H and O–H groups in total. The molecule has 0 amide bonds. The van der Waals surface area contributed by atoms with Crippen molar-refractivity contribution in [2.75, 3.05) is 0 Å². The zero-order valence-electron chi connectivity index (χ0n) is 8.11. The lowest BCUT2D eigenvalue weighted by atomic mass is 10.2. The Morgan fingerprint density at radius 3 is 2.56 bits per heavy atom. The average Bonchev–Trinajstić information content (AvgIpc) is 2.27. The summed E-state index contributed by atoms with van der Waals surface area (Å²) in [5, 5.41) is 0. The summed E-state index contributed by atoms with van der Waals surface area (Å²) in [6.45, 7) is 0. The van der Waals surface area contributed by atoms with Crippen molar-refractivity contribution in [2.45, 2.75) is 0 Å². The molecule has 0 aliphatic rings. The van der Waals surface area contributed by atoms with Gasteiger partial charge in [-0.2, -0.15) is 0 Å². The monoisotopic (exact) mass is 336 g/mol. The van der Waals surface area contributed by atoms with Gasteiger partial charge in [-0.25, -0.2) is 9.97 Å². The molecule has 4 heteroatoms. The number of benzene rings is 2. The number of fused-ring (bicyclic) bond motifs is 2. The molecule has 16 heavy (non-hydrogen) atoms. The van der Waals surface area contributed by atoms with Gasteiger partial charge in [0.1, 0.15) is 5.52 Å². The van der Waals surface area contributed by atoms with E-state index in [1.807, 2.05) is 36.4 Å². The van der Waals surface area contributed by atoms with Crippen molar-refractivity contribution in [2.24, 2.45) is 0 Å². The molecule has 0 bridgehead atoms. The molecule has 0 spiro atoms. The molecule has 0 radical (unpaired) electrons. The van der Waals surface area contributed by atoms with E-state index in [-0.39, 0.29) is 0 Å². The van der Waals surface area contributed by atoms with Crippen LogP contribution in [0.4, 0.5) is 0 Å². The normalized spacial score (nSPS) is 11.1. The van der Waals surface area contributed by atoms with Crippen molar-refractivity contribution in [1.29, 1.82) is 0 Å². The van der Waals surface area contributed by atoms with Gasteiger partial charge in [-0.05, 0) is 46.3 Å². The first kappa shape index (κ1) is 10.2. The lowest BCUT2D eigenvalue weighted by Gasteiger charge is -2.02. The number of hydrogen-bond acceptors (Lipinski definition) is 2. The summed E-state index contributed by atoms with van der Waals surface area (Å²) >= 11 is 6.92. The molecule has 0 aliphatic heterocycles. The first-order chi connectivity index (χ1) is 7.74. The minimum Gasteiger partial charge on any atom is -0.244 e. The fraction of sp³-hybridized carbons (Fsp3) is 0. The van der Waals surface area contributed by atoms with E-state index in [4.69, 9.17) is 0 Å². The van der Waals surface area contributed by atoms with Gasteiger partial charge in [0, 0.05) is 8.95 Å². The highest BCUT2D eigenvalue weighted by atomic mass is 79.9. The largest absolute Gasteiger partial charge is 0.244 e. The van der Waals surface area contributed by atoms with Gasteiger partial charge in [0.05, 0.1) is 16.6 Å². The van der Waals surface area contributed by atoms with E-state index in [9.17, 15) is 0 Å². The molecule has 0 unspecified atom stereocenters. The molecule has 1 heterocycles. The van der Waals surface area contributed by atoms with Crippen LogP contribution in [0, 0.1) is 0 Å². The molecular weight excluding hydrogens is 332 g/mol. The summed E-state index contributed by atoms with van der Waals surface area (Å²) in [5.74, 6) is 0. The van der Waals surface area contributed by atoms with Crippen molar-refractivity contribution >= 4 is 53.9 Å². The summed E-state index contributed by atoms with van der Waals surface area (Å²) in [7, 11) is 0. The van der Waals surface area contributed by atoms with Gasteiger partial charge in [0.2, 0.25) is 0 Å². The second kappa shape index (κ2) is 3.79. The number of hydrogen-bond donors (Lipinski definition) is 0. The molecule has 3 aromatic rings. The second-order valence-corrected chi connectivity index (χ2v) is 5.23. The molecule has 1 aromatic heterocycles. The predicted molar refractivity (Wildman–Crippen MR) is 72.4 cm³/mol. The fourth-order valence-electron chi connectivity index (χ4n) is 1.64. The predicted octanol–water partition coefficient (Wildman–Crippen LogP) is 4.31. The standard InChI is InChI=1S/C12H6Br2N2/c13-7-4-5-9-11(6-7)15-10-3-1-2-8(14)12(10)16-9/h1-6H. The Morgan fingerprint density at radius 2 is 1.69 bits per heavy atom. The van der Waals surface area contributed by atoms with Gasteiger partial charge in [-0.15, -0.1) is 0 Å². The number of nitrogens with zero attached hydrogens (tertiary/aromatic N) is 2. The highest BCUT2D eigenvalue weighted by molar-refractivity contribution is 9.11. The number of aromatic nitrogens is 2. The Kier molecular flexibility index (Phi) is 2.41. The number of para-hydroxylation sites is 1. The minimum absolute atomic E-state index is 0.900. The highest BCUT2D eigenvalue weighted by Gasteiger charge is 2.04. The van der Waals surface area contributed by atoms with Gasteiger partial charge in [0.15, 0.2) is 0 Å². The van der Waals surface area contributed by atoms with E-state index in [2.05, 4.69) is 41.8 Å². The van der Waals surface area contributed by atoms with Gasteiger partial charge in [-0.1, -0.05) is 22.0 Å². The number of halogens is 2. The quantitative estimate of drug-likeness (QED) is 0.571. The average molecular weight is 338 g/mol. The van der Waals surface area contributed by atoms with E-state index in [1.54, 1.807) is 0 Å². The lowest BCUT2D eigenvalue weighted by molar-refractivity contribution is 1.38. The van der Waals surface area contributed by atoms with Crippen molar-refractivity contribution in [3.05, 3.63) is 45.3 Å². The van der Waals surface area contributed by atoms with Crippen LogP contribution in [0.5, 0.6) is 0 Å². The summed E-state index contributed by atoms with van der Waals surface area (Å²) < 4.78 is 1.99. The topological polar surface area (TPSA) is 25.8 Å². The molecule has 0 aliphatic carbocycles. The van der Waals surface area contributed by atoms with Crippen molar-refractivity contribution < 1.29 is 0 Å². The van der Waals surface area contributed by atoms with E-state index in [1.165, 1.54) is 0 Å². The van der Waals surface area contributed by atoms with Crippen molar-refractivity contribution in [1.82, 2.24) is 9.97 Å². The van der Waals surface area contributed by atoms with Gasteiger partial charge in [0.25, 0.3) is 0 Å².